The largest absolute Gasteiger partial charge is 0.384 e. The number of benzene rings is 1. The molecule has 5 heteroatoms. The molecule has 0 aliphatic rings. The van der Waals surface area contributed by atoms with Crippen LogP contribution in [0.3, 0.4) is 0 Å². The summed E-state index contributed by atoms with van der Waals surface area (Å²) in [5, 5.41) is 2.63. The predicted molar refractivity (Wildman–Crippen MR) is 77.0 cm³/mol. The number of hydrogen-bond donors (Lipinski definition) is 2. The minimum atomic E-state index is -0.399. The topological polar surface area (TPSA) is 68.0 Å². The first-order valence-electron chi connectivity index (χ1n) is 6.42. The Kier molecular flexibility index (Phi) is 4.30. The molecular weight excluding hydrogens is 257 g/mol. The Bertz CT molecular complexity index is 628. The molecule has 0 fully saturated rings. The number of nitrogens with two attached hydrogens (primary N) is 1. The highest BCUT2D eigenvalue weighted by Gasteiger charge is 2.09. The van der Waals surface area contributed by atoms with Crippen LogP contribution < -0.4 is 11.1 Å². The third-order valence-electron chi connectivity index (χ3n) is 2.75. The van der Waals surface area contributed by atoms with Crippen molar-refractivity contribution in [2.75, 3.05) is 11.1 Å². The van der Waals surface area contributed by atoms with Crippen molar-refractivity contribution in [2.24, 2.45) is 0 Å². The summed E-state index contributed by atoms with van der Waals surface area (Å²) in [6.07, 6.45) is 1.67. The number of carbonyl (C=O) groups excluding carboxylic acids is 1. The molecule has 0 saturated carbocycles. The molecule has 4 nitrogen and oxygen atoms in total. The van der Waals surface area contributed by atoms with Crippen LogP contribution in [0.4, 0.5) is 15.9 Å². The fourth-order valence-corrected chi connectivity index (χ4v) is 1.90. The predicted octanol–water partition coefficient (Wildman–Crippen LogP) is 3.01. The first kappa shape index (κ1) is 14.0. The van der Waals surface area contributed by atoms with Crippen LogP contribution in [0.15, 0.2) is 36.4 Å². The molecule has 1 heterocycles. The molecule has 104 valence electrons. The lowest BCUT2D eigenvalue weighted by Crippen LogP contribution is -2.13. The van der Waals surface area contributed by atoms with Crippen LogP contribution in [-0.2, 0) is 6.42 Å². The normalized spacial score (nSPS) is 10.3. The van der Waals surface area contributed by atoms with Gasteiger partial charge in [-0.2, -0.15) is 0 Å². The quantitative estimate of drug-likeness (QED) is 0.899. The summed E-state index contributed by atoms with van der Waals surface area (Å²) in [4.78, 5) is 16.3. The Morgan fingerprint density at radius 2 is 2.15 bits per heavy atom. The van der Waals surface area contributed by atoms with Crippen molar-refractivity contribution in [3.8, 4) is 0 Å². The molecule has 1 aromatic carbocycles. The van der Waals surface area contributed by atoms with Gasteiger partial charge in [0.15, 0.2) is 0 Å². The molecule has 0 bridgehead atoms. The number of carbonyl (C=O) groups is 1. The molecule has 0 aliphatic carbocycles. The van der Waals surface area contributed by atoms with Crippen LogP contribution >= 0.6 is 0 Å². The van der Waals surface area contributed by atoms with E-state index in [0.717, 1.165) is 18.5 Å². The van der Waals surface area contributed by atoms with Crippen LogP contribution in [-0.4, -0.2) is 10.9 Å². The summed E-state index contributed by atoms with van der Waals surface area (Å²) >= 11 is 0. The van der Waals surface area contributed by atoms with Gasteiger partial charge in [-0.15, -0.1) is 0 Å². The third kappa shape index (κ3) is 3.54. The van der Waals surface area contributed by atoms with Gasteiger partial charge in [0, 0.05) is 16.9 Å². The van der Waals surface area contributed by atoms with Gasteiger partial charge in [0.05, 0.1) is 0 Å². The number of anilines is 2. The number of nitrogens with zero attached hydrogens (tertiary/aromatic N) is 1. The molecule has 2 rings (SSSR count). The van der Waals surface area contributed by atoms with Gasteiger partial charge in [-0.3, -0.25) is 4.79 Å². The smallest absolute Gasteiger partial charge is 0.255 e. The average molecular weight is 273 g/mol. The van der Waals surface area contributed by atoms with Gasteiger partial charge < -0.3 is 11.1 Å². The lowest BCUT2D eigenvalue weighted by atomic mass is 10.1. The molecule has 0 atom stereocenters. The van der Waals surface area contributed by atoms with Crippen molar-refractivity contribution in [3.05, 3.63) is 53.5 Å². The van der Waals surface area contributed by atoms with Crippen molar-refractivity contribution in [1.82, 2.24) is 4.98 Å². The summed E-state index contributed by atoms with van der Waals surface area (Å²) < 4.78 is 13.1. The van der Waals surface area contributed by atoms with E-state index in [1.807, 2.05) is 6.92 Å². The van der Waals surface area contributed by atoms with E-state index in [4.69, 9.17) is 5.73 Å². The van der Waals surface area contributed by atoms with Gasteiger partial charge in [-0.25, -0.2) is 9.37 Å². The number of nitrogens with one attached hydrogen (secondary N) is 1. The lowest BCUT2D eigenvalue weighted by molar-refractivity contribution is 0.102. The molecule has 0 radical (unpaired) electrons. The van der Waals surface area contributed by atoms with E-state index in [-0.39, 0.29) is 5.91 Å². The Balaban J connectivity index is 2.20. The van der Waals surface area contributed by atoms with Crippen LogP contribution in [0.2, 0.25) is 0 Å². The number of amides is 1. The molecule has 0 saturated heterocycles. The van der Waals surface area contributed by atoms with Crippen molar-refractivity contribution in [1.29, 1.82) is 0 Å². The average Bonchev–Trinajstić information content (AvgIpc) is 2.38. The summed E-state index contributed by atoms with van der Waals surface area (Å²) in [6, 6.07) is 8.95. The highest BCUT2D eigenvalue weighted by molar-refractivity contribution is 6.04. The monoisotopic (exact) mass is 273 g/mol. The van der Waals surface area contributed by atoms with Crippen molar-refractivity contribution < 1.29 is 9.18 Å². The van der Waals surface area contributed by atoms with Crippen molar-refractivity contribution in [3.63, 3.8) is 0 Å². The van der Waals surface area contributed by atoms with Crippen LogP contribution in [0, 0.1) is 5.82 Å². The highest BCUT2D eigenvalue weighted by Crippen LogP contribution is 2.14. The molecule has 2 aromatic rings. The minimum absolute atomic E-state index is 0.306. The maximum atomic E-state index is 13.1. The van der Waals surface area contributed by atoms with Gasteiger partial charge in [0.1, 0.15) is 11.6 Å². The van der Waals surface area contributed by atoms with E-state index in [0.29, 0.717) is 17.1 Å². The van der Waals surface area contributed by atoms with Crippen LogP contribution in [0.5, 0.6) is 0 Å². The highest BCUT2D eigenvalue weighted by atomic mass is 19.1. The van der Waals surface area contributed by atoms with Crippen LogP contribution in [0.1, 0.15) is 29.4 Å². The standard InChI is InChI=1S/C15H16FN3O/c1-2-4-12-7-10(8-14(17)18-12)15(20)19-13-6-3-5-11(16)9-13/h3,5-9H,2,4H2,1H3,(H2,17,18)(H,19,20). The second-order valence-electron chi connectivity index (χ2n) is 4.49. The first-order valence-corrected chi connectivity index (χ1v) is 6.42. The molecule has 1 amide bonds. The Morgan fingerprint density at radius 1 is 1.35 bits per heavy atom. The number of hydrogen-bond acceptors (Lipinski definition) is 3. The fourth-order valence-electron chi connectivity index (χ4n) is 1.90. The minimum Gasteiger partial charge on any atom is -0.384 e. The Hall–Kier alpha value is -2.43. The third-order valence-corrected chi connectivity index (χ3v) is 2.75. The van der Waals surface area contributed by atoms with Crippen molar-refractivity contribution in [2.45, 2.75) is 19.8 Å². The number of pyridine rings is 1. The number of nitrogen functional groups attached to an aromatic ring is 1. The maximum absolute atomic E-state index is 13.1. The number of halogens is 1. The zero-order valence-corrected chi connectivity index (χ0v) is 11.2. The van der Waals surface area contributed by atoms with Crippen LogP contribution in [0.25, 0.3) is 0 Å². The van der Waals surface area contributed by atoms with Gasteiger partial charge in [-0.1, -0.05) is 19.4 Å². The first-order chi connectivity index (χ1) is 9.58. The summed E-state index contributed by atoms with van der Waals surface area (Å²) in [5.74, 6) is -0.425. The van der Waals surface area contributed by atoms with Gasteiger partial charge in [0.2, 0.25) is 0 Å². The summed E-state index contributed by atoms with van der Waals surface area (Å²) in [7, 11) is 0. The van der Waals surface area contributed by atoms with E-state index in [9.17, 15) is 9.18 Å². The van der Waals surface area contributed by atoms with Gasteiger partial charge in [-0.05, 0) is 36.8 Å². The number of aryl methyl sites for hydroxylation is 1. The van der Waals surface area contributed by atoms with E-state index < -0.39 is 5.82 Å². The molecule has 3 N–H and O–H groups in total. The number of rotatable bonds is 4. The molecule has 20 heavy (non-hydrogen) atoms. The second-order valence-corrected chi connectivity index (χ2v) is 4.49. The molecule has 0 aliphatic heterocycles. The van der Waals surface area contributed by atoms with E-state index in [1.165, 1.54) is 24.3 Å². The van der Waals surface area contributed by atoms with Gasteiger partial charge >= 0.3 is 0 Å². The Morgan fingerprint density at radius 3 is 2.85 bits per heavy atom. The van der Waals surface area contributed by atoms with E-state index in [2.05, 4.69) is 10.3 Å². The fraction of sp³-hybridized carbons (Fsp3) is 0.200. The molecule has 1 aromatic heterocycles. The van der Waals surface area contributed by atoms with E-state index in [1.54, 1.807) is 12.1 Å². The summed E-state index contributed by atoms with van der Waals surface area (Å²) in [5.41, 5.74) is 7.30. The zero-order valence-electron chi connectivity index (χ0n) is 11.2. The molecular formula is C15H16FN3O. The number of aromatic nitrogens is 1. The molecule has 0 unspecified atom stereocenters. The van der Waals surface area contributed by atoms with E-state index >= 15 is 0 Å². The zero-order chi connectivity index (χ0) is 14.5. The Labute approximate surface area is 116 Å². The lowest BCUT2D eigenvalue weighted by Gasteiger charge is -2.08. The van der Waals surface area contributed by atoms with Crippen molar-refractivity contribution >= 4 is 17.4 Å². The molecule has 0 spiro atoms. The van der Waals surface area contributed by atoms with Gasteiger partial charge in [0.25, 0.3) is 5.91 Å². The second kappa shape index (κ2) is 6.14. The summed E-state index contributed by atoms with van der Waals surface area (Å²) in [6.45, 7) is 2.03. The maximum Gasteiger partial charge on any atom is 0.255 e. The SMILES string of the molecule is CCCc1cc(C(=O)Nc2cccc(F)c2)cc(N)n1.